The molecule has 0 amide bonds. The lowest BCUT2D eigenvalue weighted by molar-refractivity contribution is -0.149. The topological polar surface area (TPSA) is 46.5 Å². The Hall–Kier alpha value is -1.77. The number of carbonyl (C=O) groups excluding carboxylic acids is 1. The first-order valence-corrected chi connectivity index (χ1v) is 7.85. The van der Waals surface area contributed by atoms with Crippen LogP contribution in [0.2, 0.25) is 0 Å². The number of benzene rings is 1. The summed E-state index contributed by atoms with van der Waals surface area (Å²) in [6.45, 7) is 3.90. The highest BCUT2D eigenvalue weighted by atomic mass is 16.6. The van der Waals surface area contributed by atoms with Gasteiger partial charge in [-0.3, -0.25) is 0 Å². The second-order valence-electron chi connectivity index (χ2n) is 6.08. The first-order valence-electron chi connectivity index (χ1n) is 7.85. The van der Waals surface area contributed by atoms with Gasteiger partial charge in [-0.25, -0.2) is 4.79 Å². The van der Waals surface area contributed by atoms with Crippen LogP contribution in [0.15, 0.2) is 41.7 Å². The van der Waals surface area contributed by atoms with Gasteiger partial charge in [0.2, 0.25) is 0 Å². The fourth-order valence-electron chi connectivity index (χ4n) is 3.39. The Kier molecular flexibility index (Phi) is 3.52. The van der Waals surface area contributed by atoms with Gasteiger partial charge in [-0.2, -0.15) is 0 Å². The van der Waals surface area contributed by atoms with E-state index in [4.69, 9.17) is 4.74 Å². The molecule has 2 aliphatic rings. The van der Waals surface area contributed by atoms with E-state index in [1.807, 2.05) is 44.2 Å². The van der Waals surface area contributed by atoms with Crippen LogP contribution in [0, 0.1) is 5.92 Å². The zero-order valence-electron chi connectivity index (χ0n) is 12.6. The van der Waals surface area contributed by atoms with Crippen LogP contribution in [0.25, 0.3) is 0 Å². The molecule has 1 aromatic rings. The minimum absolute atomic E-state index is 0.0290. The van der Waals surface area contributed by atoms with Gasteiger partial charge in [0, 0.05) is 5.92 Å². The second-order valence-corrected chi connectivity index (χ2v) is 6.08. The Morgan fingerprint density at radius 3 is 2.33 bits per heavy atom. The van der Waals surface area contributed by atoms with Crippen LogP contribution in [0.3, 0.4) is 0 Å². The Labute approximate surface area is 125 Å². The highest BCUT2D eigenvalue weighted by molar-refractivity contribution is 5.94. The van der Waals surface area contributed by atoms with Crippen LogP contribution in [0.4, 0.5) is 0 Å². The lowest BCUT2D eigenvalue weighted by Crippen LogP contribution is -2.30. The maximum absolute atomic E-state index is 12.4. The van der Waals surface area contributed by atoms with Crippen molar-refractivity contribution in [3.63, 3.8) is 0 Å². The largest absolute Gasteiger partial charge is 0.507 e. The van der Waals surface area contributed by atoms with Crippen LogP contribution in [-0.4, -0.2) is 16.7 Å². The summed E-state index contributed by atoms with van der Waals surface area (Å²) in [4.78, 5) is 12.4. The van der Waals surface area contributed by atoms with Crippen molar-refractivity contribution in [1.82, 2.24) is 0 Å². The molecular formula is C18H22O3. The van der Waals surface area contributed by atoms with Crippen molar-refractivity contribution in [3.8, 4) is 0 Å². The average Bonchev–Trinajstić information content (AvgIpc) is 3.31. The number of hydrogen-bond acceptors (Lipinski definition) is 3. The van der Waals surface area contributed by atoms with E-state index in [1.54, 1.807) is 0 Å². The third-order valence-electron chi connectivity index (χ3n) is 4.90. The third-order valence-corrected chi connectivity index (χ3v) is 4.90. The summed E-state index contributed by atoms with van der Waals surface area (Å²) in [6.07, 6.45) is 3.43. The Bertz CT molecular complexity index is 565. The summed E-state index contributed by atoms with van der Waals surface area (Å²) in [7, 11) is 0. The number of rotatable bonds is 5. The average molecular weight is 286 g/mol. The number of hydrogen-bond donors (Lipinski definition) is 1. The van der Waals surface area contributed by atoms with Crippen molar-refractivity contribution >= 4 is 5.97 Å². The van der Waals surface area contributed by atoms with E-state index in [9.17, 15) is 9.90 Å². The molecule has 3 nitrogen and oxygen atoms in total. The molecule has 0 saturated heterocycles. The predicted molar refractivity (Wildman–Crippen MR) is 81.0 cm³/mol. The van der Waals surface area contributed by atoms with Crippen molar-refractivity contribution in [2.75, 3.05) is 0 Å². The monoisotopic (exact) mass is 286 g/mol. The number of carbonyl (C=O) groups is 1. The third kappa shape index (κ3) is 2.25. The zero-order valence-corrected chi connectivity index (χ0v) is 12.6. The summed E-state index contributed by atoms with van der Waals surface area (Å²) in [5.74, 6) is 0.246. The van der Waals surface area contributed by atoms with Crippen molar-refractivity contribution in [1.29, 1.82) is 0 Å². The van der Waals surface area contributed by atoms with Crippen LogP contribution in [-0.2, 0) is 9.53 Å². The molecule has 0 bridgehead atoms. The summed E-state index contributed by atoms with van der Waals surface area (Å²) >= 11 is 0. The molecule has 1 aliphatic carbocycles. The van der Waals surface area contributed by atoms with Gasteiger partial charge in [-0.05, 0) is 37.2 Å². The first-order chi connectivity index (χ1) is 10.1. The van der Waals surface area contributed by atoms with Crippen molar-refractivity contribution < 1.29 is 14.6 Å². The standard InChI is InChI=1S/C18H22O3/c1-3-18(4-2)16(19)15(17(20)21-18)14(13-10-11-13)12-8-6-5-7-9-12/h5-9,13-14,19H,3-4,10-11H2,1-2H3. The van der Waals surface area contributed by atoms with Gasteiger partial charge in [-0.15, -0.1) is 0 Å². The molecule has 1 saturated carbocycles. The second kappa shape index (κ2) is 5.21. The molecular weight excluding hydrogens is 264 g/mol. The highest BCUT2D eigenvalue weighted by Gasteiger charge is 2.50. The number of cyclic esters (lactones) is 1. The number of ether oxygens (including phenoxy) is 1. The number of aliphatic hydroxyl groups excluding tert-OH is 1. The summed E-state index contributed by atoms with van der Waals surface area (Å²) < 4.78 is 5.59. The van der Waals surface area contributed by atoms with Crippen molar-refractivity contribution in [2.24, 2.45) is 5.92 Å². The summed E-state index contributed by atoms with van der Waals surface area (Å²) in [6, 6.07) is 10.0. The van der Waals surface area contributed by atoms with Gasteiger partial charge in [0.05, 0.1) is 5.57 Å². The molecule has 3 rings (SSSR count). The van der Waals surface area contributed by atoms with Crippen LogP contribution in [0.1, 0.15) is 51.0 Å². The lowest BCUT2D eigenvalue weighted by Gasteiger charge is -2.25. The molecule has 1 aliphatic heterocycles. The van der Waals surface area contributed by atoms with Gasteiger partial charge in [0.15, 0.2) is 5.60 Å². The van der Waals surface area contributed by atoms with Gasteiger partial charge in [-0.1, -0.05) is 44.2 Å². The van der Waals surface area contributed by atoms with E-state index >= 15 is 0 Å². The molecule has 0 aromatic heterocycles. The van der Waals surface area contributed by atoms with Gasteiger partial charge < -0.3 is 9.84 Å². The van der Waals surface area contributed by atoms with Gasteiger partial charge in [0.25, 0.3) is 0 Å². The van der Waals surface area contributed by atoms with E-state index in [0.29, 0.717) is 24.3 Å². The Morgan fingerprint density at radius 2 is 1.86 bits per heavy atom. The predicted octanol–water partition coefficient (Wildman–Crippen LogP) is 4.11. The Balaban J connectivity index is 2.07. The molecule has 1 N–H and O–H groups in total. The van der Waals surface area contributed by atoms with E-state index in [-0.39, 0.29) is 17.6 Å². The molecule has 1 atom stereocenters. The molecule has 1 aromatic carbocycles. The van der Waals surface area contributed by atoms with Crippen molar-refractivity contribution in [2.45, 2.75) is 51.0 Å². The fraction of sp³-hybridized carbons (Fsp3) is 0.500. The molecule has 3 heteroatoms. The normalized spacial score (nSPS) is 22.3. The molecule has 0 radical (unpaired) electrons. The number of aliphatic hydroxyl groups is 1. The van der Waals surface area contributed by atoms with Gasteiger partial charge >= 0.3 is 5.97 Å². The smallest absolute Gasteiger partial charge is 0.339 e. The maximum atomic E-state index is 12.4. The fourth-order valence-corrected chi connectivity index (χ4v) is 3.39. The van der Waals surface area contributed by atoms with Crippen molar-refractivity contribution in [3.05, 3.63) is 47.2 Å². The van der Waals surface area contributed by atoms with E-state index in [1.165, 1.54) is 0 Å². The van der Waals surface area contributed by atoms with E-state index < -0.39 is 5.60 Å². The molecule has 112 valence electrons. The zero-order chi connectivity index (χ0) is 15.0. The Morgan fingerprint density at radius 1 is 1.24 bits per heavy atom. The first kappa shape index (κ1) is 14.2. The molecule has 1 unspecified atom stereocenters. The molecule has 1 heterocycles. The maximum Gasteiger partial charge on any atom is 0.339 e. The minimum Gasteiger partial charge on any atom is -0.507 e. The SMILES string of the molecule is CCC1(CC)OC(=O)C(C(c2ccccc2)C2CC2)=C1O. The van der Waals surface area contributed by atoms with Gasteiger partial charge in [0.1, 0.15) is 5.76 Å². The van der Waals surface area contributed by atoms with E-state index in [0.717, 1.165) is 18.4 Å². The molecule has 0 spiro atoms. The van der Waals surface area contributed by atoms with Crippen LogP contribution in [0.5, 0.6) is 0 Å². The van der Waals surface area contributed by atoms with Crippen LogP contribution < -0.4 is 0 Å². The quantitative estimate of drug-likeness (QED) is 0.829. The highest BCUT2D eigenvalue weighted by Crippen LogP contribution is 2.51. The molecule has 1 fully saturated rings. The van der Waals surface area contributed by atoms with E-state index in [2.05, 4.69) is 0 Å². The van der Waals surface area contributed by atoms with Crippen LogP contribution >= 0.6 is 0 Å². The summed E-state index contributed by atoms with van der Waals surface area (Å²) in [5.41, 5.74) is 0.780. The minimum atomic E-state index is -0.811. The number of esters is 1. The summed E-state index contributed by atoms with van der Waals surface area (Å²) in [5, 5.41) is 10.7. The lowest BCUT2D eigenvalue weighted by atomic mass is 9.83. The molecule has 21 heavy (non-hydrogen) atoms.